The molecule has 6 nitrogen and oxygen atoms in total. The van der Waals surface area contributed by atoms with Crippen molar-refractivity contribution in [1.82, 2.24) is 4.90 Å². The Balaban J connectivity index is 1.28. The molecule has 2 unspecified atom stereocenters. The first-order chi connectivity index (χ1) is 14.2. The van der Waals surface area contributed by atoms with Crippen molar-refractivity contribution in [2.75, 3.05) is 25.5 Å². The third-order valence-electron chi connectivity index (χ3n) is 6.70. The van der Waals surface area contributed by atoms with Gasteiger partial charge in [-0.1, -0.05) is 39.7 Å². The van der Waals surface area contributed by atoms with Crippen LogP contribution in [0.25, 0.3) is 0 Å². The summed E-state index contributed by atoms with van der Waals surface area (Å²) in [5.74, 6) is 0.0846. The van der Waals surface area contributed by atoms with Gasteiger partial charge in [-0.2, -0.15) is 0 Å². The van der Waals surface area contributed by atoms with Gasteiger partial charge in [0.15, 0.2) is 6.61 Å². The molecule has 0 aromatic heterocycles. The Labute approximate surface area is 189 Å². The Morgan fingerprint density at radius 2 is 1.87 bits per heavy atom. The molecule has 4 saturated carbocycles. The van der Waals surface area contributed by atoms with Gasteiger partial charge >= 0.3 is 5.97 Å². The van der Waals surface area contributed by atoms with Crippen molar-refractivity contribution in [2.45, 2.75) is 42.8 Å². The largest absolute Gasteiger partial charge is 0.455 e. The topological polar surface area (TPSA) is 75.7 Å². The highest BCUT2D eigenvalue weighted by Crippen LogP contribution is 2.64. The van der Waals surface area contributed by atoms with Gasteiger partial charge in [0.2, 0.25) is 5.91 Å². The minimum atomic E-state index is -0.464. The summed E-state index contributed by atoms with van der Waals surface area (Å²) in [6, 6.07) is 6.89. The molecule has 1 aromatic rings. The van der Waals surface area contributed by atoms with Gasteiger partial charge in [0.25, 0.3) is 5.91 Å². The lowest BCUT2D eigenvalue weighted by Gasteiger charge is -2.58. The number of hydrogen-bond donors (Lipinski definition) is 1. The number of benzene rings is 1. The average Bonchev–Trinajstić information content (AvgIpc) is 2.65. The summed E-state index contributed by atoms with van der Waals surface area (Å²) in [6.45, 7) is -0.498. The van der Waals surface area contributed by atoms with Crippen LogP contribution in [-0.4, -0.2) is 47.2 Å². The van der Waals surface area contributed by atoms with Crippen LogP contribution in [0.5, 0.6) is 0 Å². The van der Waals surface area contributed by atoms with Gasteiger partial charge in [0, 0.05) is 11.4 Å². The lowest BCUT2D eigenvalue weighted by molar-refractivity contribution is -0.172. The van der Waals surface area contributed by atoms with E-state index in [-0.39, 0.29) is 29.4 Å². The van der Waals surface area contributed by atoms with E-state index in [1.165, 1.54) is 18.4 Å². The molecular formula is C22H26BrClN2O4. The van der Waals surface area contributed by atoms with Gasteiger partial charge in [-0.15, -0.1) is 0 Å². The van der Waals surface area contributed by atoms with Crippen molar-refractivity contribution in [3.05, 3.63) is 29.3 Å². The molecule has 4 aliphatic rings. The third kappa shape index (κ3) is 4.37. The number of alkyl halides is 1. The predicted molar refractivity (Wildman–Crippen MR) is 117 cm³/mol. The van der Waals surface area contributed by atoms with E-state index >= 15 is 0 Å². The van der Waals surface area contributed by atoms with E-state index in [9.17, 15) is 14.4 Å². The lowest BCUT2D eigenvalue weighted by Crippen LogP contribution is -2.56. The molecule has 8 heteroatoms. The molecule has 4 atom stereocenters. The molecular weight excluding hydrogens is 472 g/mol. The van der Waals surface area contributed by atoms with E-state index in [0.29, 0.717) is 22.5 Å². The number of likely N-dealkylation sites (N-methyl/N-ethyl adjacent to an activating group) is 1. The molecule has 4 fully saturated rings. The van der Waals surface area contributed by atoms with Gasteiger partial charge in [-0.05, 0) is 62.5 Å². The maximum atomic E-state index is 13.0. The number of para-hydroxylation sites is 1. The van der Waals surface area contributed by atoms with Crippen molar-refractivity contribution in [3.8, 4) is 0 Å². The monoisotopic (exact) mass is 496 g/mol. The zero-order valence-electron chi connectivity index (χ0n) is 17.0. The van der Waals surface area contributed by atoms with Gasteiger partial charge in [-0.3, -0.25) is 14.4 Å². The number of esters is 1. The smallest absolute Gasteiger partial charge is 0.312 e. The fraction of sp³-hybridized carbons (Fsp3) is 0.591. The molecule has 0 radical (unpaired) electrons. The van der Waals surface area contributed by atoms with Crippen LogP contribution in [0.4, 0.5) is 5.69 Å². The van der Waals surface area contributed by atoms with Gasteiger partial charge in [-0.25, -0.2) is 0 Å². The van der Waals surface area contributed by atoms with E-state index in [4.69, 9.17) is 16.3 Å². The Kier molecular flexibility index (Phi) is 5.88. The molecule has 0 saturated heterocycles. The van der Waals surface area contributed by atoms with Gasteiger partial charge < -0.3 is 15.0 Å². The number of carbonyl (C=O) groups is 3. The molecule has 2 amide bonds. The Hall–Kier alpha value is -1.60. The third-order valence-corrected chi connectivity index (χ3v) is 7.96. The second kappa shape index (κ2) is 8.15. The lowest BCUT2D eigenvalue weighted by atomic mass is 9.49. The Morgan fingerprint density at radius 1 is 1.20 bits per heavy atom. The van der Waals surface area contributed by atoms with Crippen molar-refractivity contribution in [3.63, 3.8) is 0 Å². The van der Waals surface area contributed by atoms with Gasteiger partial charge in [0.05, 0.1) is 22.7 Å². The van der Waals surface area contributed by atoms with Crippen LogP contribution in [0.15, 0.2) is 24.3 Å². The fourth-order valence-electron chi connectivity index (χ4n) is 5.84. The van der Waals surface area contributed by atoms with Crippen molar-refractivity contribution in [1.29, 1.82) is 0 Å². The number of nitrogens with one attached hydrogen (secondary N) is 1. The molecule has 30 heavy (non-hydrogen) atoms. The predicted octanol–water partition coefficient (Wildman–Crippen LogP) is 4.01. The first-order valence-electron chi connectivity index (χ1n) is 10.3. The van der Waals surface area contributed by atoms with Crippen LogP contribution in [-0.2, 0) is 19.1 Å². The maximum Gasteiger partial charge on any atom is 0.312 e. The number of amides is 2. The highest BCUT2D eigenvalue weighted by atomic mass is 79.9. The summed E-state index contributed by atoms with van der Waals surface area (Å²) in [7, 11) is 1.51. The van der Waals surface area contributed by atoms with Crippen LogP contribution < -0.4 is 5.32 Å². The van der Waals surface area contributed by atoms with Crippen LogP contribution in [0.3, 0.4) is 0 Å². The number of ether oxygens (including phenoxy) is 1. The Bertz CT molecular complexity index is 862. The number of rotatable bonds is 6. The summed E-state index contributed by atoms with van der Waals surface area (Å²) in [5.41, 5.74) is 0.0235. The first kappa shape index (κ1) is 21.6. The Morgan fingerprint density at radius 3 is 2.50 bits per heavy atom. The highest BCUT2D eigenvalue weighted by molar-refractivity contribution is 9.10. The SMILES string of the molecule is CN(CC(=O)Nc1ccccc1Cl)C(=O)COC(=O)C12C[C@@H]3C[C@@H](CC(Br)(C3)C1)C2. The zero-order valence-corrected chi connectivity index (χ0v) is 19.3. The number of carbonyl (C=O) groups excluding carboxylic acids is 3. The van der Waals surface area contributed by atoms with E-state index in [0.717, 1.165) is 32.1 Å². The first-order valence-corrected chi connectivity index (χ1v) is 11.5. The number of anilines is 1. The second-order valence-electron chi connectivity index (χ2n) is 9.25. The van der Waals surface area contributed by atoms with Crippen molar-refractivity contribution >= 4 is 51.0 Å². The molecule has 1 N–H and O–H groups in total. The number of nitrogens with zero attached hydrogens (tertiary/aromatic N) is 1. The average molecular weight is 498 g/mol. The minimum absolute atomic E-state index is 0.0493. The van der Waals surface area contributed by atoms with E-state index in [1.54, 1.807) is 24.3 Å². The molecule has 0 spiro atoms. The zero-order chi connectivity index (χ0) is 21.5. The molecule has 162 valence electrons. The van der Waals surface area contributed by atoms with Crippen LogP contribution in [0.1, 0.15) is 38.5 Å². The van der Waals surface area contributed by atoms with E-state index in [1.807, 2.05) is 0 Å². The van der Waals surface area contributed by atoms with Crippen molar-refractivity contribution in [2.24, 2.45) is 17.3 Å². The molecule has 0 aliphatic heterocycles. The number of halogens is 2. The minimum Gasteiger partial charge on any atom is -0.455 e. The molecule has 5 rings (SSSR count). The number of hydrogen-bond acceptors (Lipinski definition) is 4. The molecule has 4 bridgehead atoms. The molecule has 0 heterocycles. The highest BCUT2D eigenvalue weighted by Gasteiger charge is 2.60. The maximum absolute atomic E-state index is 13.0. The normalized spacial score (nSPS) is 31.3. The second-order valence-corrected chi connectivity index (χ2v) is 11.3. The van der Waals surface area contributed by atoms with Crippen LogP contribution in [0, 0.1) is 17.3 Å². The summed E-state index contributed by atoms with van der Waals surface area (Å²) in [4.78, 5) is 38.8. The van der Waals surface area contributed by atoms with Crippen LogP contribution >= 0.6 is 27.5 Å². The quantitative estimate of drug-likeness (QED) is 0.476. The van der Waals surface area contributed by atoms with Crippen LogP contribution in [0.2, 0.25) is 5.02 Å². The summed E-state index contributed by atoms with van der Waals surface area (Å²) in [5, 5.41) is 3.10. The summed E-state index contributed by atoms with van der Waals surface area (Å²) in [6.07, 6.45) is 5.96. The molecule has 1 aromatic carbocycles. The fourth-order valence-corrected chi connectivity index (χ4v) is 7.47. The summed E-state index contributed by atoms with van der Waals surface area (Å²) >= 11 is 9.92. The standard InChI is InChI=1S/C22H26BrClN2O4/c1-26(11-18(27)25-17-5-3-2-4-16(17)24)19(28)12-30-20(29)21-7-14-6-15(8-21)10-22(23,9-14)13-21/h2-5,14-15H,6-13H2,1H3,(H,25,27)/t14-,15+,21?,22?. The van der Waals surface area contributed by atoms with E-state index in [2.05, 4.69) is 21.2 Å². The van der Waals surface area contributed by atoms with Crippen molar-refractivity contribution < 1.29 is 19.1 Å². The van der Waals surface area contributed by atoms with E-state index < -0.39 is 11.3 Å². The van der Waals surface area contributed by atoms with Gasteiger partial charge in [0.1, 0.15) is 0 Å². The summed E-state index contributed by atoms with van der Waals surface area (Å²) < 4.78 is 5.52. The molecule has 4 aliphatic carbocycles.